The van der Waals surface area contributed by atoms with Gasteiger partial charge in [0.05, 0.1) is 0 Å². The standard InChI is InChI=1S/C26H54O.2H3O4P/c1-3-5-7-9-11-13-15-17-19-21-23-25-27-26-24-22-20-18-16-14-12-10-8-6-4-2;2*1-5(2,3)4/h3-26H2,1-2H3;2*(H3,1,2,3,4). The highest BCUT2D eigenvalue weighted by atomic mass is 31.2. The lowest BCUT2D eigenvalue weighted by Gasteiger charge is -2.05. The molecule has 37 heavy (non-hydrogen) atoms. The third-order valence-electron chi connectivity index (χ3n) is 5.78. The molecule has 0 atom stereocenters. The third kappa shape index (κ3) is 72.3. The minimum atomic E-state index is -4.64. The van der Waals surface area contributed by atoms with Crippen molar-refractivity contribution in [2.75, 3.05) is 13.2 Å². The topological polar surface area (TPSA) is 165 Å². The van der Waals surface area contributed by atoms with Crippen LogP contribution in [0, 0.1) is 0 Å². The van der Waals surface area contributed by atoms with Gasteiger partial charge in [-0.05, 0) is 12.8 Å². The molecule has 6 N–H and O–H groups in total. The SMILES string of the molecule is CCCCCCCCCCCCCOCCCCCCCCCCCCC.O=P(O)(O)O.O=P(O)(O)O. The molecule has 0 aliphatic rings. The van der Waals surface area contributed by atoms with E-state index in [-0.39, 0.29) is 0 Å². The Morgan fingerprint density at radius 2 is 0.541 bits per heavy atom. The lowest BCUT2D eigenvalue weighted by molar-refractivity contribution is 0.125. The quantitative estimate of drug-likeness (QED) is 0.0495. The molecule has 0 aliphatic carbocycles. The van der Waals surface area contributed by atoms with Gasteiger partial charge in [0.1, 0.15) is 0 Å². The van der Waals surface area contributed by atoms with Crippen LogP contribution in [0.4, 0.5) is 0 Å². The van der Waals surface area contributed by atoms with Crippen molar-refractivity contribution in [2.45, 2.75) is 155 Å². The summed E-state index contributed by atoms with van der Waals surface area (Å²) in [6.45, 7) is 6.58. The summed E-state index contributed by atoms with van der Waals surface area (Å²) in [7, 11) is -9.28. The first-order valence-electron chi connectivity index (χ1n) is 14.6. The molecule has 228 valence electrons. The molecular weight excluding hydrogens is 518 g/mol. The van der Waals surface area contributed by atoms with Crippen molar-refractivity contribution in [1.82, 2.24) is 0 Å². The van der Waals surface area contributed by atoms with Gasteiger partial charge >= 0.3 is 15.6 Å². The average Bonchev–Trinajstić information content (AvgIpc) is 2.77. The molecule has 0 amide bonds. The molecule has 9 nitrogen and oxygen atoms in total. The maximum atomic E-state index is 8.88. The van der Waals surface area contributed by atoms with E-state index in [4.69, 9.17) is 43.2 Å². The number of hydrogen-bond donors (Lipinski definition) is 6. The molecule has 0 fully saturated rings. The zero-order chi connectivity index (χ0) is 28.7. The van der Waals surface area contributed by atoms with Gasteiger partial charge in [-0.3, -0.25) is 0 Å². The van der Waals surface area contributed by atoms with Crippen molar-refractivity contribution < 1.29 is 43.2 Å². The molecule has 11 heteroatoms. The molecule has 0 aromatic heterocycles. The van der Waals surface area contributed by atoms with E-state index < -0.39 is 15.6 Å². The first-order valence-corrected chi connectivity index (χ1v) is 17.7. The summed E-state index contributed by atoms with van der Waals surface area (Å²) in [6.07, 6.45) is 31.1. The summed E-state index contributed by atoms with van der Waals surface area (Å²) >= 11 is 0. The number of rotatable bonds is 24. The predicted molar refractivity (Wildman–Crippen MR) is 152 cm³/mol. The van der Waals surface area contributed by atoms with Crippen LogP contribution in [0.25, 0.3) is 0 Å². The molecule has 0 aromatic carbocycles. The number of hydrogen-bond acceptors (Lipinski definition) is 3. The summed E-state index contributed by atoms with van der Waals surface area (Å²) in [5.41, 5.74) is 0. The van der Waals surface area contributed by atoms with Gasteiger partial charge in [0, 0.05) is 13.2 Å². The summed E-state index contributed by atoms with van der Waals surface area (Å²) in [5, 5.41) is 0. The van der Waals surface area contributed by atoms with Crippen LogP contribution in [0.5, 0.6) is 0 Å². The fourth-order valence-corrected chi connectivity index (χ4v) is 3.84. The molecule has 0 aliphatic heterocycles. The minimum absolute atomic E-state index is 0.995. The Morgan fingerprint density at radius 3 is 0.730 bits per heavy atom. The summed E-state index contributed by atoms with van der Waals surface area (Å²) in [6, 6.07) is 0. The van der Waals surface area contributed by atoms with Crippen molar-refractivity contribution in [3.63, 3.8) is 0 Å². The Bertz CT molecular complexity index is 450. The van der Waals surface area contributed by atoms with Crippen LogP contribution in [0.3, 0.4) is 0 Å². The van der Waals surface area contributed by atoms with Gasteiger partial charge in [0.2, 0.25) is 0 Å². The number of unbranched alkanes of at least 4 members (excludes halogenated alkanes) is 20. The highest BCUT2D eigenvalue weighted by molar-refractivity contribution is 7.45. The van der Waals surface area contributed by atoms with Crippen LogP contribution < -0.4 is 0 Å². The Morgan fingerprint density at radius 1 is 0.378 bits per heavy atom. The van der Waals surface area contributed by atoms with E-state index in [0.29, 0.717) is 0 Å². The zero-order valence-corrected chi connectivity index (χ0v) is 25.6. The first kappa shape index (κ1) is 41.7. The molecule has 0 saturated carbocycles. The van der Waals surface area contributed by atoms with E-state index in [0.717, 1.165) is 13.2 Å². The summed E-state index contributed by atoms with van der Waals surface area (Å²) < 4.78 is 23.6. The van der Waals surface area contributed by atoms with E-state index in [1.54, 1.807) is 0 Å². The van der Waals surface area contributed by atoms with Crippen molar-refractivity contribution in [3.8, 4) is 0 Å². The van der Waals surface area contributed by atoms with Gasteiger partial charge < -0.3 is 34.1 Å². The molecule has 0 saturated heterocycles. The lowest BCUT2D eigenvalue weighted by Crippen LogP contribution is -1.97. The van der Waals surface area contributed by atoms with Crippen LogP contribution in [0.15, 0.2) is 0 Å². The van der Waals surface area contributed by atoms with Crippen LogP contribution >= 0.6 is 15.6 Å². The van der Waals surface area contributed by atoms with Crippen LogP contribution in [-0.2, 0) is 13.9 Å². The molecule has 0 radical (unpaired) electrons. The van der Waals surface area contributed by atoms with Crippen molar-refractivity contribution in [1.29, 1.82) is 0 Å². The fourth-order valence-electron chi connectivity index (χ4n) is 3.84. The van der Waals surface area contributed by atoms with Crippen LogP contribution in [0.1, 0.15) is 155 Å². The van der Waals surface area contributed by atoms with Gasteiger partial charge in [0.25, 0.3) is 0 Å². The second kappa shape index (κ2) is 32.4. The fraction of sp³-hybridized carbons (Fsp3) is 1.00. The molecule has 0 spiro atoms. The first-order chi connectivity index (χ1) is 17.4. The highest BCUT2D eigenvalue weighted by Gasteiger charge is 2.01. The van der Waals surface area contributed by atoms with Gasteiger partial charge in [-0.25, -0.2) is 9.13 Å². The van der Waals surface area contributed by atoms with Crippen LogP contribution in [-0.4, -0.2) is 42.6 Å². The third-order valence-corrected chi connectivity index (χ3v) is 5.78. The Hall–Kier alpha value is 0.180. The monoisotopic (exact) mass is 578 g/mol. The highest BCUT2D eigenvalue weighted by Crippen LogP contribution is 2.26. The second-order valence-electron chi connectivity index (χ2n) is 9.71. The van der Waals surface area contributed by atoms with Gasteiger partial charge in [-0.15, -0.1) is 0 Å². The molecule has 0 rings (SSSR count). The van der Waals surface area contributed by atoms with E-state index in [1.165, 1.54) is 141 Å². The normalized spacial score (nSPS) is 11.5. The minimum Gasteiger partial charge on any atom is -0.381 e. The Labute approximate surface area is 227 Å². The molecular formula is C26H60O9P2. The maximum Gasteiger partial charge on any atom is 0.466 e. The summed E-state index contributed by atoms with van der Waals surface area (Å²) in [4.78, 5) is 43.1. The van der Waals surface area contributed by atoms with E-state index >= 15 is 0 Å². The van der Waals surface area contributed by atoms with Crippen molar-refractivity contribution >= 4 is 15.6 Å². The number of ether oxygens (including phenoxy) is 1. The predicted octanol–water partition coefficient (Wildman–Crippen LogP) is 7.77. The second-order valence-corrected chi connectivity index (χ2v) is 11.8. The average molecular weight is 579 g/mol. The molecule has 0 heterocycles. The molecule has 0 aromatic rings. The largest absolute Gasteiger partial charge is 0.466 e. The molecule has 0 bridgehead atoms. The Kier molecular flexibility index (Phi) is 36.5. The van der Waals surface area contributed by atoms with Crippen molar-refractivity contribution in [3.05, 3.63) is 0 Å². The summed E-state index contributed by atoms with van der Waals surface area (Å²) in [5.74, 6) is 0. The van der Waals surface area contributed by atoms with E-state index in [1.807, 2.05) is 0 Å². The number of phosphoric acid groups is 2. The van der Waals surface area contributed by atoms with Gasteiger partial charge in [0.15, 0.2) is 0 Å². The van der Waals surface area contributed by atoms with Gasteiger partial charge in [-0.1, -0.05) is 142 Å². The smallest absolute Gasteiger partial charge is 0.381 e. The van der Waals surface area contributed by atoms with E-state index in [9.17, 15) is 0 Å². The van der Waals surface area contributed by atoms with Crippen LogP contribution in [0.2, 0.25) is 0 Å². The zero-order valence-electron chi connectivity index (χ0n) is 23.8. The molecule has 0 unspecified atom stereocenters. The Balaban J connectivity index is -0.000000969. The maximum absolute atomic E-state index is 8.88. The van der Waals surface area contributed by atoms with Crippen molar-refractivity contribution in [2.24, 2.45) is 0 Å². The van der Waals surface area contributed by atoms with E-state index in [2.05, 4.69) is 13.8 Å². The lowest BCUT2D eigenvalue weighted by atomic mass is 10.1. The van der Waals surface area contributed by atoms with Gasteiger partial charge in [-0.2, -0.15) is 0 Å².